The summed E-state index contributed by atoms with van der Waals surface area (Å²) in [5.74, 6) is -6.84. The van der Waals surface area contributed by atoms with E-state index in [9.17, 15) is 52.8 Å². The van der Waals surface area contributed by atoms with Crippen LogP contribution in [-0.2, 0) is 10.8 Å². The fourth-order valence-electron chi connectivity index (χ4n) is 5.69. The van der Waals surface area contributed by atoms with Crippen molar-refractivity contribution in [3.63, 3.8) is 0 Å². The molecule has 274 valence electrons. The first-order chi connectivity index (χ1) is 24.0. The minimum absolute atomic E-state index is 0.120. The number of hydrogen-bond donors (Lipinski definition) is 6. The van der Waals surface area contributed by atoms with E-state index in [2.05, 4.69) is 10.6 Å². The summed E-state index contributed by atoms with van der Waals surface area (Å²) < 4.78 is 89.2. The Balaban J connectivity index is 1.88. The molecule has 0 aliphatic heterocycles. The van der Waals surface area contributed by atoms with E-state index < -0.39 is 97.3 Å². The van der Waals surface area contributed by atoms with Crippen LogP contribution in [0.3, 0.4) is 0 Å². The Morgan fingerprint density at radius 3 is 1.35 bits per heavy atom. The molecular formula is C36H30F6N2O8. The molecule has 0 heterocycles. The van der Waals surface area contributed by atoms with E-state index in [1.807, 2.05) is 0 Å². The zero-order chi connectivity index (χ0) is 39.1. The third-order valence-corrected chi connectivity index (χ3v) is 9.10. The molecule has 0 aliphatic carbocycles. The van der Waals surface area contributed by atoms with Crippen molar-refractivity contribution in [3.05, 3.63) is 123 Å². The molecule has 10 nitrogen and oxygen atoms in total. The molecule has 0 spiro atoms. The van der Waals surface area contributed by atoms with Crippen molar-refractivity contribution >= 4 is 29.4 Å². The first-order valence-corrected chi connectivity index (χ1v) is 15.0. The van der Waals surface area contributed by atoms with Crippen molar-refractivity contribution < 1.29 is 65.9 Å². The van der Waals surface area contributed by atoms with Gasteiger partial charge in [-0.1, -0.05) is 30.3 Å². The Morgan fingerprint density at radius 2 is 0.942 bits per heavy atom. The fraction of sp³-hybridized carbons (Fsp3) is 0.222. The molecule has 0 saturated heterocycles. The second kappa shape index (κ2) is 13.6. The summed E-state index contributed by atoms with van der Waals surface area (Å²) in [6.07, 6.45) is -10.2. The molecule has 2 amide bonds. The Bertz CT molecular complexity index is 2110. The van der Waals surface area contributed by atoms with Crippen molar-refractivity contribution in [2.45, 2.75) is 44.0 Å². The standard InChI is InChI=1S/C36H30F6N2O8/c1-17-13-18(7-11-27(17)45)33(2,35(37,38)39)21-8-12-28(46)26(16-21)44-30(48)25-15-20(6-10-23(25)32(51)52)34(3,36(40,41)42)19-5-9-22(31(49)50)24(14-19)29(47)43-4/h5-16,45-46H,1-4H3,(H,43,47)(H,44,48)(H,49,50)(H,51,52). The number of nitrogens with one attached hydrogen (secondary N) is 2. The van der Waals surface area contributed by atoms with Crippen LogP contribution in [0.2, 0.25) is 0 Å². The van der Waals surface area contributed by atoms with E-state index in [1.54, 1.807) is 0 Å². The number of phenolic OH excluding ortho intramolecular Hbond substituents is 2. The second-order valence-corrected chi connectivity index (χ2v) is 12.1. The van der Waals surface area contributed by atoms with E-state index in [-0.39, 0.29) is 16.9 Å². The lowest BCUT2D eigenvalue weighted by molar-refractivity contribution is -0.173. The number of phenols is 2. The van der Waals surface area contributed by atoms with Gasteiger partial charge in [-0.2, -0.15) is 26.3 Å². The van der Waals surface area contributed by atoms with Crippen molar-refractivity contribution in [1.82, 2.24) is 5.32 Å². The van der Waals surface area contributed by atoms with E-state index in [4.69, 9.17) is 0 Å². The highest BCUT2D eigenvalue weighted by atomic mass is 19.4. The van der Waals surface area contributed by atoms with Crippen molar-refractivity contribution in [2.75, 3.05) is 12.4 Å². The summed E-state index contributed by atoms with van der Waals surface area (Å²) >= 11 is 0. The molecule has 6 N–H and O–H groups in total. The van der Waals surface area contributed by atoms with Crippen LogP contribution in [0.25, 0.3) is 0 Å². The van der Waals surface area contributed by atoms with Crippen LogP contribution in [0, 0.1) is 6.92 Å². The molecule has 4 rings (SSSR count). The third kappa shape index (κ3) is 6.70. The first-order valence-electron chi connectivity index (χ1n) is 15.0. The normalized spacial score (nSPS) is 14.1. The molecule has 0 aromatic heterocycles. The number of anilines is 1. The van der Waals surface area contributed by atoms with Crippen LogP contribution in [0.1, 0.15) is 83.1 Å². The summed E-state index contributed by atoms with van der Waals surface area (Å²) in [6, 6.07) is 10.1. The molecule has 0 radical (unpaired) electrons. The highest BCUT2D eigenvalue weighted by Gasteiger charge is 2.55. The summed E-state index contributed by atoms with van der Waals surface area (Å²) in [6.45, 7) is 2.85. The smallest absolute Gasteiger partial charge is 0.402 e. The number of rotatable bonds is 9. The van der Waals surface area contributed by atoms with E-state index in [0.29, 0.717) is 25.1 Å². The van der Waals surface area contributed by atoms with Gasteiger partial charge in [0.05, 0.1) is 27.9 Å². The second-order valence-electron chi connectivity index (χ2n) is 12.1. The Morgan fingerprint density at radius 1 is 0.558 bits per heavy atom. The van der Waals surface area contributed by atoms with Gasteiger partial charge in [-0.05, 0) is 91.1 Å². The molecular weight excluding hydrogens is 702 g/mol. The van der Waals surface area contributed by atoms with Crippen molar-refractivity contribution in [1.29, 1.82) is 0 Å². The number of benzene rings is 4. The Kier molecular flexibility index (Phi) is 10.1. The molecule has 52 heavy (non-hydrogen) atoms. The number of hydrogen-bond acceptors (Lipinski definition) is 6. The van der Waals surface area contributed by atoms with Gasteiger partial charge in [0.1, 0.15) is 22.3 Å². The molecule has 2 atom stereocenters. The molecule has 4 aromatic carbocycles. The predicted molar refractivity (Wildman–Crippen MR) is 174 cm³/mol. The van der Waals surface area contributed by atoms with Crippen molar-refractivity contribution in [2.24, 2.45) is 0 Å². The van der Waals surface area contributed by atoms with Crippen LogP contribution in [0.15, 0.2) is 72.8 Å². The number of aromatic carboxylic acids is 2. The van der Waals surface area contributed by atoms with E-state index in [1.165, 1.54) is 6.92 Å². The van der Waals surface area contributed by atoms with Crippen LogP contribution in [-0.4, -0.2) is 63.6 Å². The predicted octanol–water partition coefficient (Wildman–Crippen LogP) is 7.15. The number of alkyl halides is 6. The monoisotopic (exact) mass is 732 g/mol. The van der Waals surface area contributed by atoms with Crippen LogP contribution >= 0.6 is 0 Å². The highest BCUT2D eigenvalue weighted by Crippen LogP contribution is 2.49. The third-order valence-electron chi connectivity index (χ3n) is 9.10. The minimum atomic E-state index is -5.21. The molecule has 0 aliphatic rings. The zero-order valence-corrected chi connectivity index (χ0v) is 27.6. The lowest BCUT2D eigenvalue weighted by atomic mass is 9.74. The quantitative estimate of drug-likeness (QED) is 0.0778. The van der Waals surface area contributed by atoms with E-state index >= 15 is 13.2 Å². The number of carbonyl (C=O) groups is 4. The van der Waals surface area contributed by atoms with Gasteiger partial charge in [0, 0.05) is 7.05 Å². The maximum absolute atomic E-state index is 15.0. The largest absolute Gasteiger partial charge is 0.508 e. The zero-order valence-electron chi connectivity index (χ0n) is 27.6. The lowest BCUT2D eigenvalue weighted by Crippen LogP contribution is -2.41. The van der Waals surface area contributed by atoms with Gasteiger partial charge >= 0.3 is 24.3 Å². The minimum Gasteiger partial charge on any atom is -0.508 e. The maximum Gasteiger partial charge on any atom is 0.402 e. The molecule has 2 unspecified atom stereocenters. The topological polar surface area (TPSA) is 173 Å². The van der Waals surface area contributed by atoms with Gasteiger partial charge in [0.25, 0.3) is 11.8 Å². The van der Waals surface area contributed by atoms with E-state index in [0.717, 1.165) is 68.6 Å². The number of carbonyl (C=O) groups excluding carboxylic acids is 2. The summed E-state index contributed by atoms with van der Waals surface area (Å²) in [7, 11) is 1.13. The summed E-state index contributed by atoms with van der Waals surface area (Å²) in [5.41, 5.74) is -11.5. The van der Waals surface area contributed by atoms with Crippen LogP contribution in [0.5, 0.6) is 11.5 Å². The maximum atomic E-state index is 15.0. The number of carboxylic acid groups (broad SMARTS) is 2. The van der Waals surface area contributed by atoms with Gasteiger partial charge in [0.15, 0.2) is 0 Å². The first kappa shape index (κ1) is 38.7. The number of aromatic hydroxyl groups is 2. The SMILES string of the molecule is CNC(=O)c1cc(C(C)(c2ccc(C(=O)O)c(C(=O)Nc3cc(C(C)(c4ccc(O)c(C)c4)C(F)(F)F)ccc3O)c2)C(F)(F)F)ccc1C(=O)O. The van der Waals surface area contributed by atoms with Gasteiger partial charge in [0.2, 0.25) is 0 Å². The Labute approximate surface area is 291 Å². The molecule has 4 aromatic rings. The number of amides is 2. The summed E-state index contributed by atoms with van der Waals surface area (Å²) in [4.78, 5) is 49.9. The molecule has 0 fully saturated rings. The molecule has 16 heteroatoms. The Hall–Kier alpha value is -6.06. The number of aryl methyl sites for hydroxylation is 1. The average Bonchev–Trinajstić information content (AvgIpc) is 3.07. The highest BCUT2D eigenvalue weighted by molar-refractivity contribution is 6.11. The average molecular weight is 733 g/mol. The van der Waals surface area contributed by atoms with Crippen molar-refractivity contribution in [3.8, 4) is 11.5 Å². The molecule has 0 saturated carbocycles. The molecule has 0 bridgehead atoms. The van der Waals surface area contributed by atoms with Gasteiger partial charge in [-0.15, -0.1) is 0 Å². The van der Waals surface area contributed by atoms with Gasteiger partial charge in [-0.25, -0.2) is 9.59 Å². The fourth-order valence-corrected chi connectivity index (χ4v) is 5.69. The summed E-state index contributed by atoms with van der Waals surface area (Å²) in [5, 5.41) is 44.0. The lowest BCUT2D eigenvalue weighted by Gasteiger charge is -2.34. The van der Waals surface area contributed by atoms with Gasteiger partial charge < -0.3 is 31.1 Å². The number of halogens is 6. The van der Waals surface area contributed by atoms with Crippen LogP contribution < -0.4 is 10.6 Å². The van der Waals surface area contributed by atoms with Crippen LogP contribution in [0.4, 0.5) is 32.0 Å². The number of carboxylic acids is 2. The van der Waals surface area contributed by atoms with Gasteiger partial charge in [-0.3, -0.25) is 9.59 Å².